The molecule has 1 N–H and O–H groups in total. The molecule has 0 unspecified atom stereocenters. The molecule has 0 atom stereocenters. The Morgan fingerprint density at radius 1 is 1.25 bits per heavy atom. The summed E-state index contributed by atoms with van der Waals surface area (Å²) in [6.07, 6.45) is 6.78. The molecule has 0 amide bonds. The van der Waals surface area contributed by atoms with E-state index in [1.807, 2.05) is 6.07 Å². The molecule has 20 heavy (non-hydrogen) atoms. The van der Waals surface area contributed by atoms with Gasteiger partial charge in [-0.15, -0.1) is 0 Å². The fourth-order valence-corrected chi connectivity index (χ4v) is 3.40. The molecule has 0 bridgehead atoms. The van der Waals surface area contributed by atoms with Crippen LogP contribution in [-0.2, 0) is 10.2 Å². The second kappa shape index (κ2) is 5.28. The molecule has 2 aliphatic rings. The van der Waals surface area contributed by atoms with Crippen LogP contribution in [0.5, 0.6) is 5.75 Å². The summed E-state index contributed by atoms with van der Waals surface area (Å²) >= 11 is 6.10. The Morgan fingerprint density at radius 2 is 1.95 bits per heavy atom. The smallest absolute Gasteiger partial charge is 0.314 e. The Hall–Kier alpha value is -1.22. The van der Waals surface area contributed by atoms with E-state index in [1.165, 1.54) is 6.42 Å². The molecule has 0 radical (unpaired) electrons. The van der Waals surface area contributed by atoms with Crippen molar-refractivity contribution in [2.24, 2.45) is 0 Å². The SMILES string of the molecule is O=C(O)C1(c2cc(Cl)ccc2OC2CCC2)CCCC1. The first-order valence-electron chi connectivity index (χ1n) is 7.32. The topological polar surface area (TPSA) is 46.5 Å². The van der Waals surface area contributed by atoms with E-state index in [4.69, 9.17) is 16.3 Å². The Bertz CT molecular complexity index is 516. The van der Waals surface area contributed by atoms with Crippen molar-refractivity contribution >= 4 is 17.6 Å². The fraction of sp³-hybridized carbons (Fsp3) is 0.562. The zero-order chi connectivity index (χ0) is 14.2. The van der Waals surface area contributed by atoms with Gasteiger partial charge in [0.25, 0.3) is 0 Å². The average Bonchev–Trinajstić information content (AvgIpc) is 2.85. The summed E-state index contributed by atoms with van der Waals surface area (Å²) in [7, 11) is 0. The standard InChI is InChI=1S/C16H19ClO3/c17-11-6-7-14(20-12-4-3-5-12)13(10-11)16(15(18)19)8-1-2-9-16/h6-7,10,12H,1-5,8-9H2,(H,18,19). The zero-order valence-corrected chi connectivity index (χ0v) is 12.2. The highest BCUT2D eigenvalue weighted by molar-refractivity contribution is 6.30. The number of aliphatic carboxylic acids is 1. The predicted octanol–water partition coefficient (Wildman–Crippen LogP) is 4.17. The Balaban J connectivity index is 2.00. The molecule has 108 valence electrons. The highest BCUT2D eigenvalue weighted by Crippen LogP contribution is 2.46. The first-order valence-corrected chi connectivity index (χ1v) is 7.70. The van der Waals surface area contributed by atoms with E-state index in [0.29, 0.717) is 23.6 Å². The molecule has 3 rings (SSSR count). The van der Waals surface area contributed by atoms with E-state index in [2.05, 4.69) is 0 Å². The van der Waals surface area contributed by atoms with Crippen molar-refractivity contribution in [2.75, 3.05) is 0 Å². The van der Waals surface area contributed by atoms with Crippen molar-refractivity contribution in [3.05, 3.63) is 28.8 Å². The number of hydrogen-bond acceptors (Lipinski definition) is 2. The lowest BCUT2D eigenvalue weighted by molar-refractivity contribution is -0.143. The maximum Gasteiger partial charge on any atom is 0.314 e. The number of halogens is 1. The van der Waals surface area contributed by atoms with E-state index in [-0.39, 0.29) is 6.10 Å². The van der Waals surface area contributed by atoms with Crippen LogP contribution in [0.1, 0.15) is 50.5 Å². The molecule has 0 heterocycles. The summed E-state index contributed by atoms with van der Waals surface area (Å²) in [5.74, 6) is -0.0425. The monoisotopic (exact) mass is 294 g/mol. The molecule has 2 aliphatic carbocycles. The van der Waals surface area contributed by atoms with Crippen LogP contribution in [0.4, 0.5) is 0 Å². The van der Waals surface area contributed by atoms with Crippen molar-refractivity contribution in [1.29, 1.82) is 0 Å². The normalized spacial score (nSPS) is 21.4. The van der Waals surface area contributed by atoms with E-state index < -0.39 is 11.4 Å². The van der Waals surface area contributed by atoms with E-state index in [1.54, 1.807) is 12.1 Å². The quantitative estimate of drug-likeness (QED) is 0.906. The Kier molecular flexibility index (Phi) is 3.63. The minimum Gasteiger partial charge on any atom is -0.490 e. The van der Waals surface area contributed by atoms with Crippen LogP contribution >= 0.6 is 11.6 Å². The third-order valence-corrected chi connectivity index (χ3v) is 4.90. The van der Waals surface area contributed by atoms with Gasteiger partial charge in [-0.2, -0.15) is 0 Å². The predicted molar refractivity (Wildman–Crippen MR) is 77.5 cm³/mol. The maximum absolute atomic E-state index is 11.9. The van der Waals surface area contributed by atoms with Crippen LogP contribution < -0.4 is 4.74 Å². The van der Waals surface area contributed by atoms with Crippen LogP contribution in [0.15, 0.2) is 18.2 Å². The minimum atomic E-state index is -0.815. The number of hydrogen-bond donors (Lipinski definition) is 1. The second-order valence-corrected chi connectivity index (χ2v) is 6.34. The molecular weight excluding hydrogens is 276 g/mol. The summed E-state index contributed by atoms with van der Waals surface area (Å²) < 4.78 is 6.00. The molecule has 1 aromatic rings. The zero-order valence-electron chi connectivity index (χ0n) is 11.4. The number of carbonyl (C=O) groups is 1. The van der Waals surface area contributed by atoms with E-state index in [0.717, 1.165) is 31.2 Å². The van der Waals surface area contributed by atoms with Crippen molar-refractivity contribution in [1.82, 2.24) is 0 Å². The van der Waals surface area contributed by atoms with Crippen molar-refractivity contribution in [2.45, 2.75) is 56.5 Å². The molecule has 2 saturated carbocycles. The molecule has 2 fully saturated rings. The van der Waals surface area contributed by atoms with Gasteiger partial charge in [-0.3, -0.25) is 4.79 Å². The van der Waals surface area contributed by atoms with Crippen molar-refractivity contribution in [3.63, 3.8) is 0 Å². The minimum absolute atomic E-state index is 0.238. The van der Waals surface area contributed by atoms with Crippen LogP contribution in [0.25, 0.3) is 0 Å². The third-order valence-electron chi connectivity index (χ3n) is 4.67. The first-order chi connectivity index (χ1) is 9.62. The largest absolute Gasteiger partial charge is 0.490 e. The molecule has 0 aromatic heterocycles. The number of ether oxygens (including phenoxy) is 1. The third kappa shape index (κ3) is 2.28. The van der Waals surface area contributed by atoms with Crippen molar-refractivity contribution in [3.8, 4) is 5.75 Å². The average molecular weight is 295 g/mol. The highest BCUT2D eigenvalue weighted by atomic mass is 35.5. The molecule has 0 saturated heterocycles. The fourth-order valence-electron chi connectivity index (χ4n) is 3.22. The van der Waals surface area contributed by atoms with Gasteiger partial charge in [-0.25, -0.2) is 0 Å². The number of rotatable bonds is 4. The second-order valence-electron chi connectivity index (χ2n) is 5.91. The van der Waals surface area contributed by atoms with Crippen molar-refractivity contribution < 1.29 is 14.6 Å². The summed E-state index contributed by atoms with van der Waals surface area (Å²) in [4.78, 5) is 11.9. The number of benzene rings is 1. The van der Waals surface area contributed by atoms with Gasteiger partial charge in [0.05, 0.1) is 11.5 Å². The van der Waals surface area contributed by atoms with E-state index >= 15 is 0 Å². The van der Waals surface area contributed by atoms with Gasteiger partial charge in [0.2, 0.25) is 0 Å². The maximum atomic E-state index is 11.9. The van der Waals surface area contributed by atoms with Gasteiger partial charge in [-0.1, -0.05) is 24.4 Å². The van der Waals surface area contributed by atoms with Crippen LogP contribution in [0.3, 0.4) is 0 Å². The molecule has 1 aromatic carbocycles. The summed E-state index contributed by atoms with van der Waals surface area (Å²) in [5, 5.41) is 10.3. The van der Waals surface area contributed by atoms with Crippen LogP contribution in [0.2, 0.25) is 5.02 Å². The lowest BCUT2D eigenvalue weighted by Gasteiger charge is -2.31. The summed E-state index contributed by atoms with van der Waals surface area (Å²) in [6.45, 7) is 0. The van der Waals surface area contributed by atoms with Gasteiger partial charge in [0.1, 0.15) is 5.75 Å². The van der Waals surface area contributed by atoms with Gasteiger partial charge in [0, 0.05) is 10.6 Å². The molecule has 4 heteroatoms. The lowest BCUT2D eigenvalue weighted by atomic mass is 9.78. The summed E-state index contributed by atoms with van der Waals surface area (Å²) in [5.41, 5.74) is -0.0498. The molecule has 0 spiro atoms. The molecular formula is C16H19ClO3. The van der Waals surface area contributed by atoms with Gasteiger partial charge >= 0.3 is 5.97 Å². The Morgan fingerprint density at radius 3 is 2.50 bits per heavy atom. The Labute approximate surface area is 123 Å². The van der Waals surface area contributed by atoms with E-state index in [9.17, 15) is 9.90 Å². The first kappa shape index (κ1) is 13.7. The van der Waals surface area contributed by atoms with Gasteiger partial charge in [-0.05, 0) is 50.3 Å². The molecule has 3 nitrogen and oxygen atoms in total. The van der Waals surface area contributed by atoms with Crippen LogP contribution in [-0.4, -0.2) is 17.2 Å². The van der Waals surface area contributed by atoms with Gasteiger partial charge in [0.15, 0.2) is 0 Å². The van der Waals surface area contributed by atoms with Gasteiger partial charge < -0.3 is 9.84 Å². The highest BCUT2D eigenvalue weighted by Gasteiger charge is 2.45. The lowest BCUT2D eigenvalue weighted by Crippen LogP contribution is -2.34. The van der Waals surface area contributed by atoms with Crippen LogP contribution in [0, 0.1) is 0 Å². The summed E-state index contributed by atoms with van der Waals surface area (Å²) in [6, 6.07) is 5.40. The number of carboxylic acid groups (broad SMARTS) is 1. The molecule has 0 aliphatic heterocycles. The number of carboxylic acids is 1.